The molecule has 0 spiro atoms. The maximum Gasteiger partial charge on any atom is 0.105 e. The fraction of sp³-hybridized carbons (Fsp3) is 0.625. The van der Waals surface area contributed by atoms with Gasteiger partial charge < -0.3 is 0 Å². The molecule has 1 aromatic rings. The first-order valence-electron chi connectivity index (χ1n) is 6.60. The zero-order valence-corrected chi connectivity index (χ0v) is 12.4. The first-order chi connectivity index (χ1) is 8.23. The van der Waals surface area contributed by atoms with Crippen LogP contribution in [0.2, 0.25) is 0 Å². The summed E-state index contributed by atoms with van der Waals surface area (Å²) in [5.74, 6) is 0.508. The van der Waals surface area contributed by atoms with Crippen molar-refractivity contribution in [3.05, 3.63) is 35.9 Å². The van der Waals surface area contributed by atoms with E-state index in [2.05, 4.69) is 44.7 Å². The SMILES string of the molecule is CC(C)C(C(C)(C)O[O])C(C)(C)c1ccccc1. The minimum atomic E-state index is -0.687. The Morgan fingerprint density at radius 2 is 1.50 bits per heavy atom. The van der Waals surface area contributed by atoms with Crippen LogP contribution in [-0.4, -0.2) is 5.60 Å². The fourth-order valence-corrected chi connectivity index (χ4v) is 3.60. The van der Waals surface area contributed by atoms with Gasteiger partial charge in [0.15, 0.2) is 0 Å². The molecule has 0 aliphatic rings. The van der Waals surface area contributed by atoms with Crippen molar-refractivity contribution in [2.45, 2.75) is 52.6 Å². The fourth-order valence-electron chi connectivity index (χ4n) is 3.60. The van der Waals surface area contributed by atoms with Crippen LogP contribution >= 0.6 is 0 Å². The normalized spacial score (nSPS) is 14.9. The van der Waals surface area contributed by atoms with E-state index < -0.39 is 5.60 Å². The van der Waals surface area contributed by atoms with Gasteiger partial charge in [0.1, 0.15) is 5.60 Å². The summed E-state index contributed by atoms with van der Waals surface area (Å²) < 4.78 is 0. The number of hydrogen-bond donors (Lipinski definition) is 0. The molecule has 0 N–H and O–H groups in total. The Balaban J connectivity index is 3.21. The van der Waals surface area contributed by atoms with Gasteiger partial charge in [0.25, 0.3) is 0 Å². The third-order valence-corrected chi connectivity index (χ3v) is 3.93. The first kappa shape index (κ1) is 15.2. The Hall–Kier alpha value is -0.860. The second-order valence-corrected chi connectivity index (χ2v) is 6.50. The van der Waals surface area contributed by atoms with Gasteiger partial charge in [0, 0.05) is 5.92 Å². The molecule has 0 aliphatic carbocycles. The average molecular weight is 249 g/mol. The van der Waals surface area contributed by atoms with Gasteiger partial charge in [-0.25, -0.2) is 0 Å². The third kappa shape index (κ3) is 2.93. The largest absolute Gasteiger partial charge is 0.197 e. The zero-order valence-electron chi connectivity index (χ0n) is 12.4. The smallest absolute Gasteiger partial charge is 0.105 e. The maximum absolute atomic E-state index is 11.1. The molecule has 1 rings (SSSR count). The van der Waals surface area contributed by atoms with Gasteiger partial charge in [-0.05, 0) is 36.0 Å². The first-order valence-corrected chi connectivity index (χ1v) is 6.60. The summed E-state index contributed by atoms with van der Waals surface area (Å²) in [4.78, 5) is 4.52. The molecule has 0 aromatic heterocycles. The minimum absolute atomic E-state index is 0.108. The van der Waals surface area contributed by atoms with Gasteiger partial charge in [-0.2, -0.15) is 4.89 Å². The predicted octanol–water partition coefficient (Wildman–Crippen LogP) is 4.38. The highest BCUT2D eigenvalue weighted by molar-refractivity contribution is 5.26. The summed E-state index contributed by atoms with van der Waals surface area (Å²) in [6.45, 7) is 12.4. The minimum Gasteiger partial charge on any atom is -0.197 e. The quantitative estimate of drug-likeness (QED) is 0.562. The molecule has 1 aromatic carbocycles. The van der Waals surface area contributed by atoms with Crippen molar-refractivity contribution < 1.29 is 10.1 Å². The average Bonchev–Trinajstić information content (AvgIpc) is 2.29. The van der Waals surface area contributed by atoms with Crippen LogP contribution < -0.4 is 0 Å². The number of rotatable bonds is 5. The van der Waals surface area contributed by atoms with Crippen molar-refractivity contribution in [3.63, 3.8) is 0 Å². The van der Waals surface area contributed by atoms with Crippen molar-refractivity contribution in [2.75, 3.05) is 0 Å². The van der Waals surface area contributed by atoms with E-state index in [1.165, 1.54) is 5.56 Å². The Morgan fingerprint density at radius 3 is 1.89 bits per heavy atom. The summed E-state index contributed by atoms with van der Waals surface area (Å²) in [6, 6.07) is 10.3. The van der Waals surface area contributed by atoms with Crippen LogP contribution in [0.4, 0.5) is 0 Å². The molecule has 0 bridgehead atoms. The van der Waals surface area contributed by atoms with Gasteiger partial charge in [-0.1, -0.05) is 58.0 Å². The molecule has 0 aliphatic heterocycles. The molecular formula is C16H25O2. The molecule has 0 fully saturated rings. The molecular weight excluding hydrogens is 224 g/mol. The van der Waals surface area contributed by atoms with E-state index in [-0.39, 0.29) is 11.3 Å². The predicted molar refractivity (Wildman–Crippen MR) is 73.6 cm³/mol. The number of benzene rings is 1. The van der Waals surface area contributed by atoms with E-state index in [1.807, 2.05) is 32.0 Å². The van der Waals surface area contributed by atoms with Crippen LogP contribution in [0, 0.1) is 11.8 Å². The van der Waals surface area contributed by atoms with Crippen molar-refractivity contribution in [3.8, 4) is 0 Å². The lowest BCUT2D eigenvalue weighted by molar-refractivity contribution is -0.382. The molecule has 0 heterocycles. The molecule has 18 heavy (non-hydrogen) atoms. The maximum atomic E-state index is 11.1. The van der Waals surface area contributed by atoms with Crippen LogP contribution in [-0.2, 0) is 15.6 Å². The Bertz CT molecular complexity index is 366. The summed E-state index contributed by atoms with van der Waals surface area (Å²) in [5, 5.41) is 11.1. The topological polar surface area (TPSA) is 29.1 Å². The van der Waals surface area contributed by atoms with E-state index in [0.29, 0.717) is 5.92 Å². The zero-order chi connectivity index (χ0) is 14.0. The highest BCUT2D eigenvalue weighted by atomic mass is 17.1. The molecule has 0 amide bonds. The van der Waals surface area contributed by atoms with Crippen molar-refractivity contribution in [1.29, 1.82) is 0 Å². The summed E-state index contributed by atoms with van der Waals surface area (Å²) in [6.07, 6.45) is 0. The van der Waals surface area contributed by atoms with Gasteiger partial charge in [-0.3, -0.25) is 0 Å². The Kier molecular flexibility index (Phi) is 4.57. The highest BCUT2D eigenvalue weighted by Gasteiger charge is 2.45. The van der Waals surface area contributed by atoms with Gasteiger partial charge in [-0.15, -0.1) is 0 Å². The van der Waals surface area contributed by atoms with Crippen LogP contribution in [0.3, 0.4) is 0 Å². The van der Waals surface area contributed by atoms with Crippen LogP contribution in [0.15, 0.2) is 30.3 Å². The van der Waals surface area contributed by atoms with E-state index in [1.54, 1.807) is 0 Å². The summed E-state index contributed by atoms with van der Waals surface area (Å²) >= 11 is 0. The second-order valence-electron chi connectivity index (χ2n) is 6.50. The molecule has 0 saturated heterocycles. The van der Waals surface area contributed by atoms with Crippen LogP contribution in [0.1, 0.15) is 47.1 Å². The van der Waals surface area contributed by atoms with Gasteiger partial charge >= 0.3 is 0 Å². The van der Waals surface area contributed by atoms with Crippen LogP contribution in [0.25, 0.3) is 0 Å². The van der Waals surface area contributed by atoms with Gasteiger partial charge in [0.05, 0.1) is 0 Å². The summed E-state index contributed by atoms with van der Waals surface area (Å²) in [7, 11) is 0. The molecule has 101 valence electrons. The third-order valence-electron chi connectivity index (χ3n) is 3.93. The lowest BCUT2D eigenvalue weighted by Gasteiger charge is -2.45. The van der Waals surface area contributed by atoms with Crippen LogP contribution in [0.5, 0.6) is 0 Å². The molecule has 1 atom stereocenters. The lowest BCUT2D eigenvalue weighted by Crippen LogP contribution is -2.47. The highest BCUT2D eigenvalue weighted by Crippen LogP contribution is 2.43. The molecule has 2 heteroatoms. The molecule has 0 saturated carbocycles. The Morgan fingerprint density at radius 1 is 1.00 bits per heavy atom. The Labute approximate surface area is 111 Å². The lowest BCUT2D eigenvalue weighted by atomic mass is 9.62. The number of hydrogen-bond acceptors (Lipinski definition) is 1. The monoisotopic (exact) mass is 249 g/mol. The molecule has 2 nitrogen and oxygen atoms in total. The van der Waals surface area contributed by atoms with E-state index >= 15 is 0 Å². The van der Waals surface area contributed by atoms with Crippen molar-refractivity contribution in [1.82, 2.24) is 0 Å². The summed E-state index contributed by atoms with van der Waals surface area (Å²) in [5.41, 5.74) is 0.449. The molecule has 1 radical (unpaired) electrons. The van der Waals surface area contributed by atoms with Crippen molar-refractivity contribution in [2.24, 2.45) is 11.8 Å². The van der Waals surface area contributed by atoms with E-state index in [4.69, 9.17) is 0 Å². The van der Waals surface area contributed by atoms with E-state index in [0.717, 1.165) is 0 Å². The standard InChI is InChI=1S/C16H25O2/c1-12(2)14(16(5,6)18-17)15(3,4)13-10-8-7-9-11-13/h7-12,14H,1-6H3. The molecule has 1 unspecified atom stereocenters. The van der Waals surface area contributed by atoms with E-state index in [9.17, 15) is 5.26 Å². The van der Waals surface area contributed by atoms with Gasteiger partial charge in [0.2, 0.25) is 0 Å². The second kappa shape index (κ2) is 5.41. The van der Waals surface area contributed by atoms with Crippen molar-refractivity contribution >= 4 is 0 Å².